The van der Waals surface area contributed by atoms with Crippen LogP contribution in [0.1, 0.15) is 72.9 Å². The van der Waals surface area contributed by atoms with Gasteiger partial charge >= 0.3 is 6.09 Å². The largest absolute Gasteiger partial charge is 0.544 e. The number of carbonyl (C=O) groups is 1. The third kappa shape index (κ3) is 6.73. The fourth-order valence-corrected chi connectivity index (χ4v) is 4.69. The molecule has 0 aliphatic carbocycles. The molecular weight excluding hydrogens is 484 g/mol. The van der Waals surface area contributed by atoms with E-state index in [1.807, 2.05) is 77.1 Å². The first-order valence-corrected chi connectivity index (χ1v) is 15.9. The molecule has 1 heterocycles. The molecule has 0 bridgehead atoms. The highest BCUT2D eigenvalue weighted by atomic mass is 28.4. The van der Waals surface area contributed by atoms with Gasteiger partial charge in [-0.2, -0.15) is 0 Å². The Labute approximate surface area is 222 Å². The topological polar surface area (TPSA) is 71.8 Å². The summed E-state index contributed by atoms with van der Waals surface area (Å²) in [5.74, 6) is 1.97. The third-order valence-electron chi connectivity index (χ3n) is 6.47. The first-order chi connectivity index (χ1) is 17.2. The predicted molar refractivity (Wildman–Crippen MR) is 150 cm³/mol. The van der Waals surface area contributed by atoms with Crippen LogP contribution in [0.25, 0.3) is 11.0 Å². The number of aromatic nitrogens is 2. The Bertz CT molecular complexity index is 1220. The van der Waals surface area contributed by atoms with E-state index in [4.69, 9.17) is 23.6 Å². The molecule has 3 aromatic rings. The van der Waals surface area contributed by atoms with Crippen molar-refractivity contribution in [3.8, 4) is 11.5 Å². The minimum Gasteiger partial charge on any atom is -0.544 e. The van der Waals surface area contributed by atoms with Crippen molar-refractivity contribution < 1.29 is 23.4 Å². The number of fused-ring (bicyclic) bond motifs is 1. The van der Waals surface area contributed by atoms with Crippen molar-refractivity contribution in [3.05, 3.63) is 53.9 Å². The van der Waals surface area contributed by atoms with Gasteiger partial charge in [0.1, 0.15) is 23.2 Å². The van der Waals surface area contributed by atoms with Crippen LogP contribution in [0.5, 0.6) is 11.5 Å². The van der Waals surface area contributed by atoms with Crippen LogP contribution in [-0.2, 0) is 9.47 Å². The van der Waals surface area contributed by atoms with Gasteiger partial charge in [-0.3, -0.25) is 0 Å². The van der Waals surface area contributed by atoms with Crippen LogP contribution in [-0.4, -0.2) is 42.8 Å². The number of benzene rings is 2. The van der Waals surface area contributed by atoms with Gasteiger partial charge in [-0.1, -0.05) is 32.9 Å². The van der Waals surface area contributed by atoms with E-state index in [1.54, 1.807) is 0 Å². The molecule has 0 saturated carbocycles. The zero-order valence-corrected chi connectivity index (χ0v) is 25.0. The van der Waals surface area contributed by atoms with E-state index in [2.05, 4.69) is 33.9 Å². The van der Waals surface area contributed by atoms with Crippen molar-refractivity contribution in [2.24, 2.45) is 0 Å². The van der Waals surface area contributed by atoms with Gasteiger partial charge in [0, 0.05) is 12.7 Å². The Kier molecular flexibility index (Phi) is 8.44. The van der Waals surface area contributed by atoms with E-state index in [1.165, 1.54) is 4.57 Å². The van der Waals surface area contributed by atoms with Gasteiger partial charge in [0.15, 0.2) is 5.82 Å². The summed E-state index contributed by atoms with van der Waals surface area (Å²) in [6.07, 6.45) is -1.08. The Morgan fingerprint density at radius 1 is 0.946 bits per heavy atom. The Morgan fingerprint density at radius 2 is 1.57 bits per heavy atom. The lowest BCUT2D eigenvalue weighted by Gasteiger charge is -2.36. The van der Waals surface area contributed by atoms with Crippen molar-refractivity contribution in [1.29, 1.82) is 0 Å². The van der Waals surface area contributed by atoms with Crippen molar-refractivity contribution in [2.45, 2.75) is 85.2 Å². The van der Waals surface area contributed by atoms with Gasteiger partial charge in [0.2, 0.25) is 8.32 Å². The first kappa shape index (κ1) is 28.7. The summed E-state index contributed by atoms with van der Waals surface area (Å²) in [6.45, 7) is 21.5. The summed E-state index contributed by atoms with van der Waals surface area (Å²) in [6, 6.07) is 13.4. The van der Waals surface area contributed by atoms with Crippen molar-refractivity contribution in [2.75, 3.05) is 13.2 Å². The molecule has 7 nitrogen and oxygen atoms in total. The number of hydrogen-bond acceptors (Lipinski definition) is 6. The number of ether oxygens (including phenoxy) is 3. The molecule has 2 aromatic carbocycles. The van der Waals surface area contributed by atoms with Gasteiger partial charge in [-0.15, -0.1) is 0 Å². The molecule has 0 saturated heterocycles. The summed E-state index contributed by atoms with van der Waals surface area (Å²) in [7, 11) is -1.97. The standard InChI is InChI=1S/C29H42N2O5Si/c1-11-33-22-17-18-24-23(19-22)30-26(31(24)27(32)35-28(3,4)5)25(34-12-2)20-13-15-21(16-14-20)36-37(9,10)29(6,7)8/h13-19,25H,11-12H2,1-10H3. The second-order valence-electron chi connectivity index (χ2n) is 11.6. The fourth-order valence-electron chi connectivity index (χ4n) is 3.66. The van der Waals surface area contributed by atoms with Gasteiger partial charge in [0.05, 0.1) is 17.6 Å². The lowest BCUT2D eigenvalue weighted by molar-refractivity contribution is 0.0486. The number of rotatable bonds is 8. The predicted octanol–water partition coefficient (Wildman–Crippen LogP) is 7.73. The second kappa shape index (κ2) is 10.9. The van der Waals surface area contributed by atoms with E-state index >= 15 is 0 Å². The molecule has 0 radical (unpaired) electrons. The molecule has 0 N–H and O–H groups in total. The molecule has 0 aliphatic rings. The second-order valence-corrected chi connectivity index (χ2v) is 16.4. The van der Waals surface area contributed by atoms with Gasteiger partial charge in [-0.05, 0) is 82.6 Å². The van der Waals surface area contributed by atoms with Gasteiger partial charge < -0.3 is 18.6 Å². The van der Waals surface area contributed by atoms with Crippen molar-refractivity contribution >= 4 is 25.4 Å². The zero-order valence-electron chi connectivity index (χ0n) is 24.0. The molecular formula is C29H42N2O5Si. The van der Waals surface area contributed by atoms with E-state index in [0.29, 0.717) is 35.8 Å². The minimum absolute atomic E-state index is 0.0954. The summed E-state index contributed by atoms with van der Waals surface area (Å²) >= 11 is 0. The van der Waals surface area contributed by atoms with E-state index in [9.17, 15) is 4.79 Å². The molecule has 0 amide bonds. The molecule has 3 rings (SSSR count). The molecule has 1 aromatic heterocycles. The van der Waals surface area contributed by atoms with Crippen molar-refractivity contribution in [3.63, 3.8) is 0 Å². The highest BCUT2D eigenvalue weighted by molar-refractivity contribution is 6.74. The fraction of sp³-hybridized carbons (Fsp3) is 0.517. The smallest absolute Gasteiger partial charge is 0.420 e. The maximum absolute atomic E-state index is 13.4. The van der Waals surface area contributed by atoms with Crippen LogP contribution in [0.3, 0.4) is 0 Å². The lowest BCUT2D eigenvalue weighted by atomic mass is 10.1. The first-order valence-electron chi connectivity index (χ1n) is 13.0. The quantitative estimate of drug-likeness (QED) is 0.280. The molecule has 1 atom stereocenters. The molecule has 8 heteroatoms. The minimum atomic E-state index is -1.97. The maximum atomic E-state index is 13.4. The molecule has 202 valence electrons. The summed E-state index contributed by atoms with van der Waals surface area (Å²) < 4.78 is 25.6. The van der Waals surface area contributed by atoms with Crippen LogP contribution >= 0.6 is 0 Å². The number of imidazole rings is 1. The van der Waals surface area contributed by atoms with E-state index in [0.717, 1.165) is 11.3 Å². The highest BCUT2D eigenvalue weighted by Gasteiger charge is 2.39. The van der Waals surface area contributed by atoms with E-state index < -0.39 is 26.1 Å². The van der Waals surface area contributed by atoms with Crippen LogP contribution < -0.4 is 9.16 Å². The molecule has 0 spiro atoms. The maximum Gasteiger partial charge on any atom is 0.420 e. The van der Waals surface area contributed by atoms with Gasteiger partial charge in [-0.25, -0.2) is 14.3 Å². The van der Waals surface area contributed by atoms with Crippen LogP contribution in [0.15, 0.2) is 42.5 Å². The summed E-state index contributed by atoms with van der Waals surface area (Å²) in [5.41, 5.74) is 1.47. The Morgan fingerprint density at radius 3 is 2.11 bits per heavy atom. The summed E-state index contributed by atoms with van der Waals surface area (Å²) in [5, 5.41) is 0.0954. The monoisotopic (exact) mass is 526 g/mol. The normalized spacial score (nSPS) is 13.5. The van der Waals surface area contributed by atoms with Crippen LogP contribution in [0.2, 0.25) is 18.1 Å². The zero-order chi connectivity index (χ0) is 27.6. The molecule has 1 unspecified atom stereocenters. The Hall–Kier alpha value is -2.84. The van der Waals surface area contributed by atoms with Crippen LogP contribution in [0, 0.1) is 0 Å². The lowest BCUT2D eigenvalue weighted by Crippen LogP contribution is -2.43. The molecule has 37 heavy (non-hydrogen) atoms. The number of carbonyl (C=O) groups excluding carboxylic acids is 1. The van der Waals surface area contributed by atoms with Gasteiger partial charge in [0.25, 0.3) is 0 Å². The SMILES string of the molecule is CCOc1ccc2c(c1)nc(C(OCC)c1ccc(O[Si](C)(C)C(C)(C)C)cc1)n2C(=O)OC(C)(C)C. The number of hydrogen-bond donors (Lipinski definition) is 0. The average Bonchev–Trinajstić information content (AvgIpc) is 3.15. The third-order valence-corrected chi connectivity index (χ3v) is 10.8. The average molecular weight is 527 g/mol. The summed E-state index contributed by atoms with van der Waals surface area (Å²) in [4.78, 5) is 18.3. The highest BCUT2D eigenvalue weighted by Crippen LogP contribution is 2.38. The van der Waals surface area contributed by atoms with Crippen LogP contribution in [0.4, 0.5) is 4.79 Å². The van der Waals surface area contributed by atoms with E-state index in [-0.39, 0.29) is 5.04 Å². The van der Waals surface area contributed by atoms with Crippen molar-refractivity contribution in [1.82, 2.24) is 9.55 Å². The number of nitrogens with zero attached hydrogens (tertiary/aromatic N) is 2. The molecule has 0 fully saturated rings. The Balaban J connectivity index is 2.09. The molecule has 0 aliphatic heterocycles.